The van der Waals surface area contributed by atoms with E-state index in [-0.39, 0.29) is 25.0 Å². The normalized spacial score (nSPS) is 12.1. The summed E-state index contributed by atoms with van der Waals surface area (Å²) in [5.74, 6) is -1.45. The highest BCUT2D eigenvalue weighted by Crippen LogP contribution is 2.11. The van der Waals surface area contributed by atoms with Gasteiger partial charge in [0.1, 0.15) is 6.61 Å². The molecule has 5 nitrogen and oxygen atoms in total. The zero-order chi connectivity index (χ0) is 15.7. The number of carboxylic acids is 1. The van der Waals surface area contributed by atoms with Gasteiger partial charge in [0.15, 0.2) is 0 Å². The summed E-state index contributed by atoms with van der Waals surface area (Å²) in [6.07, 6.45) is 0.542. The minimum Gasteiger partial charge on any atom is -0.481 e. The van der Waals surface area contributed by atoms with Crippen LogP contribution in [-0.2, 0) is 20.9 Å². The number of aliphatic carboxylic acids is 1. The predicted octanol–water partition coefficient (Wildman–Crippen LogP) is 2.07. The maximum absolute atomic E-state index is 11.6. The van der Waals surface area contributed by atoms with Crippen LogP contribution in [0.5, 0.6) is 0 Å². The Morgan fingerprint density at radius 3 is 2.48 bits per heavy atom. The number of amides is 1. The lowest BCUT2D eigenvalue weighted by Crippen LogP contribution is -2.35. The SMILES string of the molecule is CC(C)CC(CNC(=O)COCc1ccccc1)C(=O)O. The summed E-state index contributed by atoms with van der Waals surface area (Å²) in [5, 5.41) is 11.7. The molecule has 0 aliphatic heterocycles. The number of rotatable bonds is 9. The number of carbonyl (C=O) groups is 2. The summed E-state index contributed by atoms with van der Waals surface area (Å²) >= 11 is 0. The van der Waals surface area contributed by atoms with Crippen LogP contribution in [-0.4, -0.2) is 30.1 Å². The van der Waals surface area contributed by atoms with Crippen molar-refractivity contribution in [1.82, 2.24) is 5.32 Å². The molecule has 1 atom stereocenters. The molecule has 21 heavy (non-hydrogen) atoms. The molecule has 0 saturated heterocycles. The van der Waals surface area contributed by atoms with Crippen molar-refractivity contribution in [1.29, 1.82) is 0 Å². The molecular formula is C16H23NO4. The topological polar surface area (TPSA) is 75.6 Å². The van der Waals surface area contributed by atoms with Crippen LogP contribution in [0.1, 0.15) is 25.8 Å². The Morgan fingerprint density at radius 2 is 1.90 bits per heavy atom. The summed E-state index contributed by atoms with van der Waals surface area (Å²) in [5.41, 5.74) is 0.994. The fourth-order valence-corrected chi connectivity index (χ4v) is 1.96. The van der Waals surface area contributed by atoms with Gasteiger partial charge in [-0.25, -0.2) is 0 Å². The number of carboxylic acid groups (broad SMARTS) is 1. The van der Waals surface area contributed by atoms with Gasteiger partial charge in [0.25, 0.3) is 0 Å². The molecule has 0 saturated carbocycles. The van der Waals surface area contributed by atoms with Crippen LogP contribution in [0.2, 0.25) is 0 Å². The third kappa shape index (κ3) is 7.46. The maximum atomic E-state index is 11.6. The Hall–Kier alpha value is -1.88. The van der Waals surface area contributed by atoms with Crippen molar-refractivity contribution in [2.75, 3.05) is 13.2 Å². The van der Waals surface area contributed by atoms with E-state index in [0.717, 1.165) is 5.56 Å². The Bertz CT molecular complexity index is 445. The minimum atomic E-state index is -0.880. The molecule has 1 unspecified atom stereocenters. The van der Waals surface area contributed by atoms with Gasteiger partial charge in [-0.1, -0.05) is 44.2 Å². The summed E-state index contributed by atoms with van der Waals surface area (Å²) < 4.78 is 5.30. The molecule has 2 N–H and O–H groups in total. The first-order valence-electron chi connectivity index (χ1n) is 7.10. The van der Waals surface area contributed by atoms with Crippen molar-refractivity contribution in [3.63, 3.8) is 0 Å². The van der Waals surface area contributed by atoms with Crippen LogP contribution in [0.25, 0.3) is 0 Å². The van der Waals surface area contributed by atoms with Gasteiger partial charge in [0.2, 0.25) is 5.91 Å². The Labute approximate surface area is 125 Å². The quantitative estimate of drug-likeness (QED) is 0.731. The Morgan fingerprint density at radius 1 is 1.24 bits per heavy atom. The predicted molar refractivity (Wildman–Crippen MR) is 79.7 cm³/mol. The average molecular weight is 293 g/mol. The molecule has 1 aromatic carbocycles. The van der Waals surface area contributed by atoms with Crippen LogP contribution in [0, 0.1) is 11.8 Å². The molecule has 0 radical (unpaired) electrons. The van der Waals surface area contributed by atoms with E-state index < -0.39 is 11.9 Å². The third-order valence-corrected chi connectivity index (χ3v) is 3.00. The fraction of sp³-hybridized carbons (Fsp3) is 0.500. The van der Waals surface area contributed by atoms with E-state index in [1.165, 1.54) is 0 Å². The van der Waals surface area contributed by atoms with Gasteiger partial charge in [-0.2, -0.15) is 0 Å². The molecule has 0 aliphatic carbocycles. The lowest BCUT2D eigenvalue weighted by molar-refractivity contribution is -0.142. The van der Waals surface area contributed by atoms with Gasteiger partial charge in [-0.15, -0.1) is 0 Å². The van der Waals surface area contributed by atoms with Crippen molar-refractivity contribution in [2.45, 2.75) is 26.9 Å². The first kappa shape index (κ1) is 17.2. The summed E-state index contributed by atoms with van der Waals surface area (Å²) in [7, 11) is 0. The molecule has 1 aromatic rings. The van der Waals surface area contributed by atoms with Crippen LogP contribution in [0.4, 0.5) is 0 Å². The van der Waals surface area contributed by atoms with E-state index in [2.05, 4.69) is 5.32 Å². The standard InChI is InChI=1S/C16H23NO4/c1-12(2)8-14(16(19)20)9-17-15(18)11-21-10-13-6-4-3-5-7-13/h3-7,12,14H,8-11H2,1-2H3,(H,17,18)(H,19,20). The van der Waals surface area contributed by atoms with E-state index in [0.29, 0.717) is 13.0 Å². The highest BCUT2D eigenvalue weighted by atomic mass is 16.5. The third-order valence-electron chi connectivity index (χ3n) is 3.00. The molecule has 1 rings (SSSR count). The number of nitrogens with one attached hydrogen (secondary N) is 1. The van der Waals surface area contributed by atoms with Crippen molar-refractivity contribution in [2.24, 2.45) is 11.8 Å². The van der Waals surface area contributed by atoms with Crippen LogP contribution in [0.15, 0.2) is 30.3 Å². The van der Waals surface area contributed by atoms with Crippen molar-refractivity contribution >= 4 is 11.9 Å². The highest BCUT2D eigenvalue weighted by Gasteiger charge is 2.19. The molecule has 0 bridgehead atoms. The van der Waals surface area contributed by atoms with Crippen molar-refractivity contribution in [3.05, 3.63) is 35.9 Å². The molecule has 116 valence electrons. The monoisotopic (exact) mass is 293 g/mol. The second kappa shape index (κ2) is 9.13. The molecule has 0 aliphatic rings. The number of hydrogen-bond donors (Lipinski definition) is 2. The highest BCUT2D eigenvalue weighted by molar-refractivity contribution is 5.78. The number of carbonyl (C=O) groups excluding carboxylic acids is 1. The van der Waals surface area contributed by atoms with Crippen LogP contribution in [0.3, 0.4) is 0 Å². The molecule has 0 heterocycles. The van der Waals surface area contributed by atoms with E-state index in [9.17, 15) is 9.59 Å². The molecule has 1 amide bonds. The van der Waals surface area contributed by atoms with E-state index in [4.69, 9.17) is 9.84 Å². The van der Waals surface area contributed by atoms with Crippen LogP contribution < -0.4 is 5.32 Å². The van der Waals surface area contributed by atoms with Crippen molar-refractivity contribution < 1.29 is 19.4 Å². The second-order valence-corrected chi connectivity index (χ2v) is 5.45. The zero-order valence-electron chi connectivity index (χ0n) is 12.5. The van der Waals surface area contributed by atoms with E-state index in [1.54, 1.807) is 0 Å². The Kier molecular flexibility index (Phi) is 7.46. The largest absolute Gasteiger partial charge is 0.481 e. The number of ether oxygens (including phenoxy) is 1. The van der Waals surface area contributed by atoms with Gasteiger partial charge < -0.3 is 15.2 Å². The first-order valence-corrected chi connectivity index (χ1v) is 7.10. The van der Waals surface area contributed by atoms with E-state index in [1.807, 2.05) is 44.2 Å². The molecule has 0 spiro atoms. The molecule has 0 aromatic heterocycles. The average Bonchev–Trinajstić information content (AvgIpc) is 2.44. The van der Waals surface area contributed by atoms with Gasteiger partial charge >= 0.3 is 5.97 Å². The first-order chi connectivity index (χ1) is 9.99. The summed E-state index contributed by atoms with van der Waals surface area (Å²) in [4.78, 5) is 22.7. The minimum absolute atomic E-state index is 0.0666. The van der Waals surface area contributed by atoms with Gasteiger partial charge in [0.05, 0.1) is 12.5 Å². The van der Waals surface area contributed by atoms with E-state index >= 15 is 0 Å². The second-order valence-electron chi connectivity index (χ2n) is 5.45. The fourth-order valence-electron chi connectivity index (χ4n) is 1.96. The smallest absolute Gasteiger partial charge is 0.308 e. The zero-order valence-corrected chi connectivity index (χ0v) is 12.5. The van der Waals surface area contributed by atoms with Gasteiger partial charge in [0, 0.05) is 6.54 Å². The summed E-state index contributed by atoms with van der Waals surface area (Å²) in [6.45, 7) is 4.36. The maximum Gasteiger partial charge on any atom is 0.308 e. The van der Waals surface area contributed by atoms with Crippen molar-refractivity contribution in [3.8, 4) is 0 Å². The molecule has 5 heteroatoms. The molecular weight excluding hydrogens is 270 g/mol. The van der Waals surface area contributed by atoms with Crippen LogP contribution >= 0.6 is 0 Å². The molecule has 0 fully saturated rings. The summed E-state index contributed by atoms with van der Waals surface area (Å²) in [6, 6.07) is 9.56. The number of benzene rings is 1. The lowest BCUT2D eigenvalue weighted by atomic mass is 9.97. The number of hydrogen-bond acceptors (Lipinski definition) is 3. The lowest BCUT2D eigenvalue weighted by Gasteiger charge is -2.15. The van der Waals surface area contributed by atoms with Gasteiger partial charge in [-0.05, 0) is 17.9 Å². The van der Waals surface area contributed by atoms with Gasteiger partial charge in [-0.3, -0.25) is 9.59 Å². The Balaban J connectivity index is 2.25.